The molecular formula is C20H13Cl2F3N4O3. The van der Waals surface area contributed by atoms with Gasteiger partial charge < -0.3 is 15.4 Å². The molecule has 32 heavy (non-hydrogen) atoms. The Morgan fingerprint density at radius 3 is 2.28 bits per heavy atom. The number of anilines is 2. The highest BCUT2D eigenvalue weighted by Crippen LogP contribution is 2.34. The zero-order chi connectivity index (χ0) is 23.3. The number of nitrogens with one attached hydrogen (secondary N) is 2. The molecular weight excluding hydrogens is 472 g/mol. The lowest BCUT2D eigenvalue weighted by Gasteiger charge is -2.14. The van der Waals surface area contributed by atoms with Crippen LogP contribution in [0.3, 0.4) is 0 Å². The van der Waals surface area contributed by atoms with E-state index in [1.807, 2.05) is 0 Å². The number of halogens is 5. The van der Waals surface area contributed by atoms with Gasteiger partial charge in [-0.05, 0) is 17.7 Å². The van der Waals surface area contributed by atoms with Gasteiger partial charge in [-0.3, -0.25) is 0 Å². The van der Waals surface area contributed by atoms with Crippen molar-refractivity contribution in [2.45, 2.75) is 12.7 Å². The van der Waals surface area contributed by atoms with Crippen molar-refractivity contribution >= 4 is 46.9 Å². The molecule has 0 fully saturated rings. The third-order valence-corrected chi connectivity index (χ3v) is 4.57. The molecule has 7 nitrogen and oxygen atoms in total. The second-order valence-corrected chi connectivity index (χ2v) is 7.01. The number of alkyl halides is 3. The number of nitrogens with zero attached hydrogens (tertiary/aromatic N) is 2. The van der Waals surface area contributed by atoms with Crippen LogP contribution in [0, 0.1) is 0 Å². The maximum atomic E-state index is 13.5. The molecule has 0 unspecified atom stereocenters. The minimum Gasteiger partial charge on any atom is -0.372 e. The van der Waals surface area contributed by atoms with Crippen LogP contribution in [0.5, 0.6) is 0 Å². The minimum atomic E-state index is -5.04. The molecule has 0 bridgehead atoms. The third-order valence-electron chi connectivity index (χ3n) is 3.94. The van der Waals surface area contributed by atoms with Crippen LogP contribution in [0.1, 0.15) is 21.6 Å². The quantitative estimate of drug-likeness (QED) is 0.361. The van der Waals surface area contributed by atoms with Gasteiger partial charge in [0.1, 0.15) is 5.56 Å². The van der Waals surface area contributed by atoms with Crippen molar-refractivity contribution in [1.82, 2.24) is 15.3 Å². The maximum Gasteiger partial charge on any atom is 0.434 e. The highest BCUT2D eigenvalue weighted by atomic mass is 35.5. The molecule has 1 amide bonds. The van der Waals surface area contributed by atoms with E-state index < -0.39 is 35.4 Å². The van der Waals surface area contributed by atoms with Crippen molar-refractivity contribution in [3.05, 3.63) is 81.6 Å². The van der Waals surface area contributed by atoms with Crippen LogP contribution in [0.25, 0.3) is 0 Å². The Kier molecular flexibility index (Phi) is 7.16. The Morgan fingerprint density at radius 1 is 1.00 bits per heavy atom. The monoisotopic (exact) mass is 484 g/mol. The van der Waals surface area contributed by atoms with Crippen LogP contribution >= 0.6 is 23.2 Å². The highest BCUT2D eigenvalue weighted by molar-refractivity contribution is 6.39. The molecule has 12 heteroatoms. The number of benzene rings is 2. The van der Waals surface area contributed by atoms with Gasteiger partial charge in [0.25, 0.3) is 0 Å². The second kappa shape index (κ2) is 9.84. The normalized spacial score (nSPS) is 11.0. The first kappa shape index (κ1) is 23.3. The van der Waals surface area contributed by atoms with E-state index in [4.69, 9.17) is 23.2 Å². The molecule has 0 radical (unpaired) electrons. The molecule has 2 N–H and O–H groups in total. The first-order valence-corrected chi connectivity index (χ1v) is 9.60. The van der Waals surface area contributed by atoms with Gasteiger partial charge in [-0.25, -0.2) is 19.6 Å². The second-order valence-electron chi connectivity index (χ2n) is 6.19. The number of rotatable bonds is 5. The summed E-state index contributed by atoms with van der Waals surface area (Å²) in [5.74, 6) is -2.08. The number of amides is 1. The van der Waals surface area contributed by atoms with E-state index in [1.54, 1.807) is 36.4 Å². The van der Waals surface area contributed by atoms with Crippen LogP contribution in [-0.2, 0) is 17.5 Å². The number of alkyl carbamates (subject to hydrolysis) is 1. The maximum absolute atomic E-state index is 13.5. The van der Waals surface area contributed by atoms with Crippen molar-refractivity contribution in [1.29, 1.82) is 0 Å². The topological polar surface area (TPSA) is 93.2 Å². The molecule has 0 aliphatic heterocycles. The van der Waals surface area contributed by atoms with Gasteiger partial charge in [-0.1, -0.05) is 59.6 Å². The molecule has 0 atom stereocenters. The van der Waals surface area contributed by atoms with Gasteiger partial charge in [-0.2, -0.15) is 13.2 Å². The molecule has 0 aliphatic carbocycles. The number of hydrogen-bond donors (Lipinski definition) is 2. The third kappa shape index (κ3) is 5.86. The van der Waals surface area contributed by atoms with Gasteiger partial charge in [0.2, 0.25) is 5.95 Å². The first-order valence-electron chi connectivity index (χ1n) is 8.84. The zero-order valence-corrected chi connectivity index (χ0v) is 17.4. The van der Waals surface area contributed by atoms with Crippen molar-refractivity contribution in [2.24, 2.45) is 0 Å². The smallest absolute Gasteiger partial charge is 0.372 e. The standard InChI is InChI=1S/C20H13Cl2F3N4O3/c21-13-7-4-8-14(22)15(13)28-18-26-10-12(16(29-18)20(23,24)25)17(30)32-19(31)27-9-11-5-2-1-3-6-11/h1-8,10H,9H2,(H,27,31)(H,26,28,29). The predicted octanol–water partition coefficient (Wildman–Crippen LogP) is 5.61. The molecule has 0 saturated heterocycles. The molecule has 3 rings (SSSR count). The van der Waals surface area contributed by atoms with Crippen molar-refractivity contribution < 1.29 is 27.5 Å². The summed E-state index contributed by atoms with van der Waals surface area (Å²) >= 11 is 12.0. The Labute approximate surface area is 189 Å². The van der Waals surface area contributed by atoms with Crippen molar-refractivity contribution in [3.63, 3.8) is 0 Å². The summed E-state index contributed by atoms with van der Waals surface area (Å²) in [5, 5.41) is 4.99. The van der Waals surface area contributed by atoms with Crippen LogP contribution in [0.2, 0.25) is 10.0 Å². The Morgan fingerprint density at radius 2 is 1.66 bits per heavy atom. The van der Waals surface area contributed by atoms with Gasteiger partial charge in [0, 0.05) is 12.7 Å². The fraction of sp³-hybridized carbons (Fsp3) is 0.100. The van der Waals surface area contributed by atoms with Gasteiger partial charge >= 0.3 is 18.2 Å². The minimum absolute atomic E-state index is 0.0109. The summed E-state index contributed by atoms with van der Waals surface area (Å²) in [4.78, 5) is 31.0. The summed E-state index contributed by atoms with van der Waals surface area (Å²) in [6.07, 6.45) is -5.68. The average Bonchev–Trinajstić information content (AvgIpc) is 2.75. The van der Waals surface area contributed by atoms with Crippen molar-refractivity contribution in [2.75, 3.05) is 5.32 Å². The SMILES string of the molecule is O=C(NCc1ccccc1)OC(=O)c1cnc(Nc2c(Cl)cccc2Cl)nc1C(F)(F)F. The summed E-state index contributed by atoms with van der Waals surface area (Å²) in [6.45, 7) is 0.0109. The van der Waals surface area contributed by atoms with E-state index in [9.17, 15) is 22.8 Å². The highest BCUT2D eigenvalue weighted by Gasteiger charge is 2.39. The van der Waals surface area contributed by atoms with Crippen LogP contribution in [0.4, 0.5) is 29.6 Å². The van der Waals surface area contributed by atoms with Crippen LogP contribution < -0.4 is 10.6 Å². The Balaban J connectivity index is 1.78. The summed E-state index contributed by atoms with van der Waals surface area (Å²) < 4.78 is 45.0. The van der Waals surface area contributed by atoms with E-state index >= 15 is 0 Å². The Bertz CT molecular complexity index is 1120. The molecule has 2 aromatic carbocycles. The summed E-state index contributed by atoms with van der Waals surface area (Å²) in [6, 6.07) is 13.1. The molecule has 1 aromatic heterocycles. The molecule has 166 valence electrons. The average molecular weight is 485 g/mol. The van der Waals surface area contributed by atoms with Gasteiger partial charge in [-0.15, -0.1) is 0 Å². The number of para-hydroxylation sites is 1. The molecule has 0 aliphatic rings. The fourth-order valence-electron chi connectivity index (χ4n) is 2.48. The molecule has 3 aromatic rings. The lowest BCUT2D eigenvalue weighted by atomic mass is 10.2. The number of aromatic nitrogens is 2. The fourth-order valence-corrected chi connectivity index (χ4v) is 2.97. The predicted molar refractivity (Wildman–Crippen MR) is 111 cm³/mol. The Hall–Kier alpha value is -3.37. The molecule has 0 spiro atoms. The molecule has 0 saturated carbocycles. The van der Waals surface area contributed by atoms with Crippen LogP contribution in [-0.4, -0.2) is 22.0 Å². The lowest BCUT2D eigenvalue weighted by Crippen LogP contribution is -2.28. The first-order chi connectivity index (χ1) is 15.1. The van der Waals surface area contributed by atoms with E-state index in [0.29, 0.717) is 11.8 Å². The number of carbonyl (C=O) groups is 2. The van der Waals surface area contributed by atoms with Crippen molar-refractivity contribution in [3.8, 4) is 0 Å². The number of carbonyl (C=O) groups excluding carboxylic acids is 2. The van der Waals surface area contributed by atoms with Gasteiger partial charge in [0.05, 0.1) is 15.7 Å². The van der Waals surface area contributed by atoms with Crippen LogP contribution in [0.15, 0.2) is 54.7 Å². The summed E-state index contributed by atoms with van der Waals surface area (Å²) in [7, 11) is 0. The van der Waals surface area contributed by atoms with E-state index in [1.165, 1.54) is 12.1 Å². The van der Waals surface area contributed by atoms with E-state index in [-0.39, 0.29) is 22.3 Å². The number of hydrogen-bond acceptors (Lipinski definition) is 6. The number of ether oxygens (including phenoxy) is 1. The van der Waals surface area contributed by atoms with E-state index in [2.05, 4.69) is 25.3 Å². The van der Waals surface area contributed by atoms with Gasteiger partial charge in [0.15, 0.2) is 5.69 Å². The largest absolute Gasteiger partial charge is 0.434 e. The summed E-state index contributed by atoms with van der Waals surface area (Å²) in [5.41, 5.74) is -1.85. The molecule has 1 heterocycles. The van der Waals surface area contributed by atoms with E-state index in [0.717, 1.165) is 0 Å². The number of esters is 1. The zero-order valence-electron chi connectivity index (χ0n) is 15.9. The lowest BCUT2D eigenvalue weighted by molar-refractivity contribution is -0.141.